The number of aryl methyl sites for hydroxylation is 1. The van der Waals surface area contributed by atoms with Crippen molar-refractivity contribution in [1.29, 1.82) is 0 Å². The third-order valence-corrected chi connectivity index (χ3v) is 2.32. The average Bonchev–Trinajstić information content (AvgIpc) is 2.52. The minimum atomic E-state index is -0.368. The molecule has 0 saturated heterocycles. The molecule has 0 aliphatic carbocycles. The molecule has 0 amide bonds. The third kappa shape index (κ3) is 3.12. The van der Waals surface area contributed by atoms with Crippen molar-refractivity contribution in [3.8, 4) is 0 Å². The topological polar surface area (TPSA) is 48.4 Å². The first-order chi connectivity index (χ1) is 6.24. The van der Waals surface area contributed by atoms with E-state index in [1.54, 1.807) is 0 Å². The van der Waals surface area contributed by atoms with E-state index in [9.17, 15) is 4.79 Å². The maximum absolute atomic E-state index is 10.7. The second kappa shape index (κ2) is 4.94. The van der Waals surface area contributed by atoms with Crippen molar-refractivity contribution in [2.24, 2.45) is 0 Å². The Morgan fingerprint density at radius 2 is 2.46 bits per heavy atom. The second-order valence-corrected chi connectivity index (χ2v) is 3.14. The number of carbonyl (C=O) groups is 1. The fourth-order valence-electron chi connectivity index (χ4n) is 0.739. The summed E-state index contributed by atoms with van der Waals surface area (Å²) >= 11 is 1.38. The van der Waals surface area contributed by atoms with Crippen LogP contribution in [0.2, 0.25) is 0 Å². The molecule has 0 aliphatic heterocycles. The first-order valence-electron chi connectivity index (χ1n) is 3.78. The number of hydrogen-bond donors (Lipinski definition) is 0. The summed E-state index contributed by atoms with van der Waals surface area (Å²) in [5.74, 6) is -0.368. The van der Waals surface area contributed by atoms with Crippen molar-refractivity contribution in [3.05, 3.63) is 16.6 Å². The van der Waals surface area contributed by atoms with E-state index in [0.29, 0.717) is 6.61 Å². The molecule has 0 aliphatic rings. The SMILES string of the molecule is COC(=O)COCc1nscc1C. The van der Waals surface area contributed by atoms with Crippen LogP contribution >= 0.6 is 11.5 Å². The Morgan fingerprint density at radius 3 is 3.00 bits per heavy atom. The lowest BCUT2D eigenvalue weighted by atomic mass is 10.3. The van der Waals surface area contributed by atoms with E-state index in [4.69, 9.17) is 4.74 Å². The second-order valence-electron chi connectivity index (χ2n) is 2.51. The normalized spacial score (nSPS) is 10.0. The van der Waals surface area contributed by atoms with Gasteiger partial charge in [-0.3, -0.25) is 0 Å². The van der Waals surface area contributed by atoms with Crippen LogP contribution in [0.25, 0.3) is 0 Å². The monoisotopic (exact) mass is 201 g/mol. The Bertz CT molecular complexity index is 285. The smallest absolute Gasteiger partial charge is 0.331 e. The molecule has 0 aromatic carbocycles. The fraction of sp³-hybridized carbons (Fsp3) is 0.500. The van der Waals surface area contributed by atoms with Crippen molar-refractivity contribution in [1.82, 2.24) is 4.37 Å². The highest BCUT2D eigenvalue weighted by Gasteiger charge is 2.03. The summed E-state index contributed by atoms with van der Waals surface area (Å²) in [6.07, 6.45) is 0. The minimum Gasteiger partial charge on any atom is -0.467 e. The van der Waals surface area contributed by atoms with Crippen LogP contribution in [0.3, 0.4) is 0 Å². The van der Waals surface area contributed by atoms with Gasteiger partial charge in [0.05, 0.1) is 19.4 Å². The van der Waals surface area contributed by atoms with Gasteiger partial charge in [0.25, 0.3) is 0 Å². The summed E-state index contributed by atoms with van der Waals surface area (Å²) in [7, 11) is 1.33. The molecule has 0 spiro atoms. The predicted octanol–water partition coefficient (Wildman–Crippen LogP) is 1.14. The Kier molecular flexibility index (Phi) is 3.85. The molecule has 0 bridgehead atoms. The van der Waals surface area contributed by atoms with Crippen LogP contribution in [0.5, 0.6) is 0 Å². The van der Waals surface area contributed by atoms with E-state index in [1.165, 1.54) is 18.6 Å². The summed E-state index contributed by atoms with van der Waals surface area (Å²) in [4.78, 5) is 10.7. The van der Waals surface area contributed by atoms with Crippen LogP contribution in [0.4, 0.5) is 0 Å². The maximum Gasteiger partial charge on any atom is 0.331 e. The van der Waals surface area contributed by atoms with Gasteiger partial charge >= 0.3 is 5.97 Å². The highest BCUT2D eigenvalue weighted by molar-refractivity contribution is 7.03. The third-order valence-electron chi connectivity index (χ3n) is 1.53. The van der Waals surface area contributed by atoms with Crippen LogP contribution < -0.4 is 0 Å². The van der Waals surface area contributed by atoms with Gasteiger partial charge in [0.1, 0.15) is 6.61 Å². The Hall–Kier alpha value is -0.940. The zero-order chi connectivity index (χ0) is 9.68. The first kappa shape index (κ1) is 10.1. The molecule has 1 heterocycles. The van der Waals surface area contributed by atoms with Crippen LogP contribution in [0, 0.1) is 6.92 Å². The Labute approximate surface area is 80.6 Å². The van der Waals surface area contributed by atoms with Crippen molar-refractivity contribution >= 4 is 17.5 Å². The van der Waals surface area contributed by atoms with E-state index < -0.39 is 0 Å². The number of carbonyl (C=O) groups excluding carboxylic acids is 1. The van der Waals surface area contributed by atoms with Crippen LogP contribution in [0.15, 0.2) is 5.38 Å². The summed E-state index contributed by atoms with van der Waals surface area (Å²) in [6, 6.07) is 0. The van der Waals surface area contributed by atoms with Gasteiger partial charge in [-0.1, -0.05) is 0 Å². The van der Waals surface area contributed by atoms with E-state index in [0.717, 1.165) is 11.3 Å². The lowest BCUT2D eigenvalue weighted by molar-refractivity contribution is -0.146. The number of rotatable bonds is 4. The molecule has 0 unspecified atom stereocenters. The molecule has 0 saturated carbocycles. The molecule has 1 rings (SSSR count). The predicted molar refractivity (Wildman–Crippen MR) is 48.5 cm³/mol. The molecular weight excluding hydrogens is 190 g/mol. The van der Waals surface area contributed by atoms with Crippen LogP contribution in [0.1, 0.15) is 11.3 Å². The summed E-state index contributed by atoms with van der Waals surface area (Å²) in [5, 5.41) is 1.94. The van der Waals surface area contributed by atoms with Crippen molar-refractivity contribution < 1.29 is 14.3 Å². The average molecular weight is 201 g/mol. The molecule has 0 atom stereocenters. The standard InChI is InChI=1S/C8H11NO3S/c1-6-5-13-9-7(6)3-12-4-8(10)11-2/h5H,3-4H2,1-2H3. The van der Waals surface area contributed by atoms with Gasteiger partial charge in [0, 0.05) is 5.38 Å². The number of aromatic nitrogens is 1. The van der Waals surface area contributed by atoms with Gasteiger partial charge in [-0.05, 0) is 24.0 Å². The number of esters is 1. The highest BCUT2D eigenvalue weighted by Crippen LogP contribution is 2.09. The maximum atomic E-state index is 10.7. The number of methoxy groups -OCH3 is 1. The fourth-order valence-corrected chi connectivity index (χ4v) is 1.41. The lowest BCUT2D eigenvalue weighted by Gasteiger charge is -2.00. The molecular formula is C8H11NO3S. The van der Waals surface area contributed by atoms with Crippen molar-refractivity contribution in [2.45, 2.75) is 13.5 Å². The van der Waals surface area contributed by atoms with E-state index in [2.05, 4.69) is 9.11 Å². The molecule has 13 heavy (non-hydrogen) atoms. The van der Waals surface area contributed by atoms with Crippen LogP contribution in [-0.2, 0) is 20.9 Å². The highest BCUT2D eigenvalue weighted by atomic mass is 32.1. The zero-order valence-corrected chi connectivity index (χ0v) is 8.39. The molecule has 1 aromatic rings. The number of hydrogen-bond acceptors (Lipinski definition) is 5. The summed E-state index contributed by atoms with van der Waals surface area (Å²) in [5.41, 5.74) is 1.98. The van der Waals surface area contributed by atoms with E-state index in [1.807, 2.05) is 12.3 Å². The van der Waals surface area contributed by atoms with Gasteiger partial charge in [-0.25, -0.2) is 4.79 Å². The molecule has 4 nitrogen and oxygen atoms in total. The van der Waals surface area contributed by atoms with Gasteiger partial charge in [0.2, 0.25) is 0 Å². The van der Waals surface area contributed by atoms with Gasteiger partial charge in [0.15, 0.2) is 0 Å². The number of nitrogens with zero attached hydrogens (tertiary/aromatic N) is 1. The molecule has 0 N–H and O–H groups in total. The summed E-state index contributed by atoms with van der Waals surface area (Å²) in [6.45, 7) is 2.30. The van der Waals surface area contributed by atoms with Crippen molar-refractivity contribution in [3.63, 3.8) is 0 Å². The van der Waals surface area contributed by atoms with Crippen LogP contribution in [-0.4, -0.2) is 24.1 Å². The summed E-state index contributed by atoms with van der Waals surface area (Å²) < 4.78 is 13.6. The minimum absolute atomic E-state index is 0.0204. The Balaban J connectivity index is 2.28. The lowest BCUT2D eigenvalue weighted by Crippen LogP contribution is -2.10. The molecule has 1 aromatic heterocycles. The molecule has 0 radical (unpaired) electrons. The van der Waals surface area contributed by atoms with Gasteiger partial charge in [-0.15, -0.1) is 0 Å². The Morgan fingerprint density at radius 1 is 1.69 bits per heavy atom. The van der Waals surface area contributed by atoms with Crippen molar-refractivity contribution in [2.75, 3.05) is 13.7 Å². The number of ether oxygens (including phenoxy) is 2. The molecule has 5 heteroatoms. The molecule has 0 fully saturated rings. The van der Waals surface area contributed by atoms with E-state index >= 15 is 0 Å². The largest absolute Gasteiger partial charge is 0.467 e. The zero-order valence-electron chi connectivity index (χ0n) is 7.57. The molecule has 72 valence electrons. The van der Waals surface area contributed by atoms with Gasteiger partial charge in [-0.2, -0.15) is 4.37 Å². The first-order valence-corrected chi connectivity index (χ1v) is 4.62. The van der Waals surface area contributed by atoms with E-state index in [-0.39, 0.29) is 12.6 Å². The quantitative estimate of drug-likeness (QED) is 0.685. The van der Waals surface area contributed by atoms with Gasteiger partial charge < -0.3 is 9.47 Å².